The van der Waals surface area contributed by atoms with Crippen molar-refractivity contribution in [1.82, 2.24) is 20.9 Å². The van der Waals surface area contributed by atoms with Gasteiger partial charge in [0.1, 0.15) is 35.4 Å². The highest BCUT2D eigenvalue weighted by atomic mass is 35.5. The normalized spacial score (nSPS) is 15.9. The van der Waals surface area contributed by atoms with E-state index in [1.807, 2.05) is 0 Å². The Morgan fingerprint density at radius 2 is 1.37 bits per heavy atom. The van der Waals surface area contributed by atoms with Crippen molar-refractivity contribution in [3.8, 4) is 17.2 Å². The van der Waals surface area contributed by atoms with Crippen LogP contribution in [0, 0.1) is 0 Å². The van der Waals surface area contributed by atoms with Gasteiger partial charge in [-0.25, -0.2) is 4.57 Å². The number of benzene rings is 3. The van der Waals surface area contributed by atoms with E-state index in [9.17, 15) is 38.8 Å². The summed E-state index contributed by atoms with van der Waals surface area (Å²) in [6.45, 7) is 3.03. The Morgan fingerprint density at radius 1 is 0.843 bits per heavy atom. The zero-order valence-electron chi connectivity index (χ0n) is 27.6. The van der Waals surface area contributed by atoms with E-state index >= 15 is 0 Å². The summed E-state index contributed by atoms with van der Waals surface area (Å²) < 4.78 is 25.8. The van der Waals surface area contributed by atoms with E-state index in [1.165, 1.54) is 91.5 Å². The molecular weight excluding hydrogens is 726 g/mol. The fourth-order valence-electron chi connectivity index (χ4n) is 5.26. The minimum atomic E-state index is -4.35. The molecule has 0 aliphatic carbocycles. The maximum Gasteiger partial charge on any atom is 0.452 e. The number of halogens is 2. The lowest BCUT2D eigenvalue weighted by molar-refractivity contribution is -0.141. The van der Waals surface area contributed by atoms with Crippen LogP contribution in [0.4, 0.5) is 0 Å². The maximum absolute atomic E-state index is 14.3. The number of aliphatic carboxylic acids is 1. The van der Waals surface area contributed by atoms with Crippen molar-refractivity contribution in [2.75, 3.05) is 6.54 Å². The van der Waals surface area contributed by atoms with E-state index < -0.39 is 61.6 Å². The summed E-state index contributed by atoms with van der Waals surface area (Å²) in [6.07, 6.45) is -0.0389. The van der Waals surface area contributed by atoms with Crippen molar-refractivity contribution in [3.63, 3.8) is 0 Å². The lowest BCUT2D eigenvalue weighted by Gasteiger charge is -2.28. The molecule has 0 radical (unpaired) electrons. The summed E-state index contributed by atoms with van der Waals surface area (Å²) in [7, 11) is -4.35. The van der Waals surface area contributed by atoms with Gasteiger partial charge in [-0.2, -0.15) is 0 Å². The average molecular weight is 764 g/mol. The molecule has 14 nitrogen and oxygen atoms in total. The molecule has 3 aromatic rings. The first-order chi connectivity index (χ1) is 24.1. The summed E-state index contributed by atoms with van der Waals surface area (Å²) in [5.74, 6) is -5.55. The van der Waals surface area contributed by atoms with E-state index in [4.69, 9.17) is 32.2 Å². The number of hydrogen-bond donors (Lipinski definition) is 5. The molecule has 4 atom stereocenters. The van der Waals surface area contributed by atoms with Gasteiger partial charge in [-0.05, 0) is 86.0 Å². The van der Waals surface area contributed by atoms with Crippen LogP contribution < -0.4 is 25.0 Å². The number of carbonyl (C=O) groups excluding carboxylic acids is 4. The molecule has 4 amide bonds. The lowest BCUT2D eigenvalue weighted by atomic mass is 10.0. The van der Waals surface area contributed by atoms with Crippen molar-refractivity contribution in [2.24, 2.45) is 0 Å². The van der Waals surface area contributed by atoms with Gasteiger partial charge in [0.25, 0.3) is 0 Å². The first-order valence-corrected chi connectivity index (χ1v) is 18.2. The van der Waals surface area contributed by atoms with Gasteiger partial charge in [-0.1, -0.05) is 35.3 Å². The summed E-state index contributed by atoms with van der Waals surface area (Å²) in [4.78, 5) is 66.1. The van der Waals surface area contributed by atoms with Crippen LogP contribution in [0.15, 0.2) is 72.8 Å². The number of rotatable bonds is 15. The van der Waals surface area contributed by atoms with Crippen LogP contribution in [0.2, 0.25) is 10.0 Å². The van der Waals surface area contributed by atoms with E-state index in [1.54, 1.807) is 0 Å². The minimum absolute atomic E-state index is 0.0310. The van der Waals surface area contributed by atoms with Gasteiger partial charge in [-0.3, -0.25) is 24.0 Å². The number of hydrogen-bond acceptors (Lipinski definition) is 9. The van der Waals surface area contributed by atoms with Crippen LogP contribution in [0.25, 0.3) is 0 Å². The van der Waals surface area contributed by atoms with Crippen LogP contribution in [0.1, 0.15) is 38.7 Å². The van der Waals surface area contributed by atoms with Crippen LogP contribution in [-0.4, -0.2) is 75.2 Å². The lowest BCUT2D eigenvalue weighted by Crippen LogP contribution is -2.57. The molecule has 0 saturated carbocycles. The third kappa shape index (κ3) is 11.1. The molecule has 0 spiro atoms. The molecule has 1 fully saturated rings. The number of carbonyl (C=O) groups is 5. The molecule has 0 aromatic heterocycles. The second-order valence-corrected chi connectivity index (χ2v) is 14.9. The fourth-order valence-corrected chi connectivity index (χ4v) is 6.99. The Labute approximate surface area is 303 Å². The smallest absolute Gasteiger partial charge is 0.452 e. The Kier molecular flexibility index (Phi) is 13.3. The Morgan fingerprint density at radius 3 is 1.88 bits per heavy atom. The third-order valence-electron chi connectivity index (χ3n) is 7.90. The molecular formula is C34H37Cl2N4O10P. The number of phenols is 1. The van der Waals surface area contributed by atoms with Gasteiger partial charge >= 0.3 is 13.6 Å². The van der Waals surface area contributed by atoms with E-state index in [-0.39, 0.29) is 29.6 Å². The number of nitrogens with zero attached hydrogens (tertiary/aromatic N) is 1. The second-order valence-electron chi connectivity index (χ2n) is 11.8. The summed E-state index contributed by atoms with van der Waals surface area (Å²) in [5, 5.41) is 27.6. The largest absolute Gasteiger partial charge is 0.508 e. The number of likely N-dealkylation sites (tertiary alicyclic amines) is 1. The molecule has 51 heavy (non-hydrogen) atoms. The van der Waals surface area contributed by atoms with Crippen molar-refractivity contribution in [3.05, 3.63) is 88.4 Å². The Balaban J connectivity index is 1.56. The molecule has 1 saturated heterocycles. The van der Waals surface area contributed by atoms with Gasteiger partial charge in [0.05, 0.1) is 6.42 Å². The predicted molar refractivity (Wildman–Crippen MR) is 188 cm³/mol. The fraction of sp³-hybridized carbons (Fsp3) is 0.324. The summed E-state index contributed by atoms with van der Waals surface area (Å²) >= 11 is 11.9. The number of phenolic OH excluding ortho intramolecular Hbond substituents is 1. The molecule has 1 heterocycles. The van der Waals surface area contributed by atoms with Gasteiger partial charge in [0.15, 0.2) is 5.78 Å². The highest BCUT2D eigenvalue weighted by Crippen LogP contribution is 2.52. The number of nitrogens with one attached hydrogen (secondary N) is 3. The van der Waals surface area contributed by atoms with Gasteiger partial charge < -0.3 is 40.1 Å². The van der Waals surface area contributed by atoms with E-state index in [0.717, 1.165) is 0 Å². The minimum Gasteiger partial charge on any atom is -0.508 e. The van der Waals surface area contributed by atoms with Gasteiger partial charge in [0, 0.05) is 29.9 Å². The number of amides is 4. The average Bonchev–Trinajstić information content (AvgIpc) is 3.58. The van der Waals surface area contributed by atoms with Crippen molar-refractivity contribution < 1.29 is 47.8 Å². The highest BCUT2D eigenvalue weighted by Gasteiger charge is 2.40. The topological polar surface area (TPSA) is 201 Å². The van der Waals surface area contributed by atoms with Crippen molar-refractivity contribution >= 4 is 60.4 Å². The quantitative estimate of drug-likeness (QED) is 0.137. The molecule has 1 aliphatic rings. The number of aromatic hydroxyl groups is 1. The maximum atomic E-state index is 14.3. The second kappa shape index (κ2) is 17.4. The third-order valence-corrected chi connectivity index (χ3v) is 10.4. The number of carboxylic acids is 1. The van der Waals surface area contributed by atoms with Crippen LogP contribution in [0.5, 0.6) is 17.2 Å². The van der Waals surface area contributed by atoms with Gasteiger partial charge in [-0.15, -0.1) is 0 Å². The van der Waals surface area contributed by atoms with E-state index in [2.05, 4.69) is 16.0 Å². The highest BCUT2D eigenvalue weighted by molar-refractivity contribution is 7.55. The van der Waals surface area contributed by atoms with Crippen LogP contribution >= 0.6 is 30.8 Å². The number of carboxylic acid groups (broad SMARTS) is 1. The zero-order chi connectivity index (χ0) is 37.3. The molecule has 1 aliphatic heterocycles. The monoisotopic (exact) mass is 762 g/mol. The summed E-state index contributed by atoms with van der Waals surface area (Å²) in [5.41, 5.74) is 0.524. The molecule has 0 bridgehead atoms. The van der Waals surface area contributed by atoms with Gasteiger partial charge in [0.2, 0.25) is 23.6 Å². The predicted octanol–water partition coefficient (Wildman–Crippen LogP) is 4.51. The van der Waals surface area contributed by atoms with Crippen molar-refractivity contribution in [1.29, 1.82) is 0 Å². The first-order valence-electron chi connectivity index (χ1n) is 15.8. The molecule has 3 aromatic carbocycles. The first kappa shape index (κ1) is 39.0. The van der Waals surface area contributed by atoms with Crippen molar-refractivity contribution in [2.45, 2.75) is 63.4 Å². The molecule has 4 rings (SSSR count). The molecule has 5 N–H and O–H groups in total. The Hall–Kier alpha value is -4.78. The van der Waals surface area contributed by atoms with Crippen LogP contribution in [0.3, 0.4) is 0 Å². The standard InChI is InChI=1S/C34H37Cl2N4O10P/c1-20(51(48,49-26-13-7-23(35)8-14-26)50-27-15-9-24(36)10-16-27)37-32(45)29(19-31(43)44)38-33(46)28(18-22-5-11-25(42)12-6-22)39-34(47)30-4-3-17-40(30)21(2)41/h5-16,20,28-30,42H,3-4,17-19H2,1-2H3,(H,37,45)(H,38,46)(H,39,47)(H,43,44)/t20?,28-,29-,30-/m0/s1. The Bertz CT molecular complexity index is 1730. The molecule has 17 heteroatoms. The molecule has 1 unspecified atom stereocenters. The van der Waals surface area contributed by atoms with Crippen LogP contribution in [-0.2, 0) is 35.0 Å². The molecule has 272 valence electrons. The summed E-state index contributed by atoms with van der Waals surface area (Å²) in [6, 6.07) is 13.7. The van der Waals surface area contributed by atoms with E-state index in [0.29, 0.717) is 35.0 Å². The zero-order valence-corrected chi connectivity index (χ0v) is 30.0. The SMILES string of the molecule is CC(=O)N1CCC[C@H]1C(=O)N[C@@H](Cc1ccc(O)cc1)C(=O)N[C@@H](CC(=O)O)C(=O)NC(C)P(=O)(Oc1ccc(Cl)cc1)Oc1ccc(Cl)cc1.